The molecular weight excluding hydrogens is 524 g/mol. The van der Waals surface area contributed by atoms with Crippen LogP contribution in [0.2, 0.25) is 0 Å². The average Bonchev–Trinajstić information content (AvgIpc) is 3.43. The van der Waals surface area contributed by atoms with E-state index in [1.807, 2.05) is 50.4 Å². The van der Waals surface area contributed by atoms with Crippen LogP contribution in [0, 0.1) is 5.92 Å². The fourth-order valence-electron chi connectivity index (χ4n) is 5.06. The van der Waals surface area contributed by atoms with Crippen LogP contribution in [0.1, 0.15) is 29.8 Å². The number of anilines is 2. The standard InChI is InChI=1S/C31H36N4O6/c1-20-15-35(21(2)18-36)30(37)25-14-24(33-31(38)32-23-7-5-4-6-8-23)10-12-26(25)41-29(20)17-34(3)16-22-9-11-27-28(13-22)40-19-39-27/h4-14,20-21,29,36H,15-19H2,1-3H3,(H2,32,33,38)/t20-,21-,29-/m1/s1. The van der Waals surface area contributed by atoms with Gasteiger partial charge in [0.15, 0.2) is 11.5 Å². The van der Waals surface area contributed by atoms with Crippen molar-refractivity contribution in [3.05, 3.63) is 77.9 Å². The third-order valence-corrected chi connectivity index (χ3v) is 7.34. The molecular formula is C31H36N4O6. The van der Waals surface area contributed by atoms with E-state index in [1.165, 1.54) is 0 Å². The summed E-state index contributed by atoms with van der Waals surface area (Å²) < 4.78 is 17.4. The molecule has 0 radical (unpaired) electrons. The van der Waals surface area contributed by atoms with Gasteiger partial charge in [-0.25, -0.2) is 4.79 Å². The van der Waals surface area contributed by atoms with Gasteiger partial charge >= 0.3 is 6.03 Å². The second-order valence-corrected chi connectivity index (χ2v) is 10.7. The number of hydrogen-bond donors (Lipinski definition) is 3. The third-order valence-electron chi connectivity index (χ3n) is 7.34. The molecule has 3 aromatic rings. The van der Waals surface area contributed by atoms with Gasteiger partial charge in [-0.15, -0.1) is 0 Å². The Bertz CT molecular complexity index is 1380. The molecule has 216 valence electrons. The van der Waals surface area contributed by atoms with Crippen LogP contribution in [-0.2, 0) is 6.54 Å². The molecule has 2 aliphatic rings. The number of ether oxygens (including phenoxy) is 3. The number of likely N-dealkylation sites (N-methyl/N-ethyl adjacent to an activating group) is 1. The topological polar surface area (TPSA) is 113 Å². The van der Waals surface area contributed by atoms with E-state index in [0.29, 0.717) is 42.3 Å². The number of nitrogens with one attached hydrogen (secondary N) is 2. The summed E-state index contributed by atoms with van der Waals surface area (Å²) in [5.41, 5.74) is 2.53. The quantitative estimate of drug-likeness (QED) is 0.374. The highest BCUT2D eigenvalue weighted by Gasteiger charge is 2.33. The van der Waals surface area contributed by atoms with Crippen molar-refractivity contribution in [2.75, 3.05) is 44.2 Å². The van der Waals surface area contributed by atoms with Gasteiger partial charge in [-0.2, -0.15) is 0 Å². The summed E-state index contributed by atoms with van der Waals surface area (Å²) in [4.78, 5) is 30.2. The summed E-state index contributed by atoms with van der Waals surface area (Å²) in [5, 5.41) is 15.5. The van der Waals surface area contributed by atoms with Crippen molar-refractivity contribution in [3.63, 3.8) is 0 Å². The Balaban J connectivity index is 1.35. The molecule has 5 rings (SSSR count). The number of hydrogen-bond acceptors (Lipinski definition) is 7. The average molecular weight is 561 g/mol. The number of carbonyl (C=O) groups is 2. The van der Waals surface area contributed by atoms with Crippen LogP contribution in [0.15, 0.2) is 66.7 Å². The van der Waals surface area contributed by atoms with Crippen molar-refractivity contribution in [2.45, 2.75) is 32.5 Å². The number of urea groups is 1. The Kier molecular flexibility index (Phi) is 8.61. The third kappa shape index (κ3) is 6.72. The lowest BCUT2D eigenvalue weighted by atomic mass is 9.99. The van der Waals surface area contributed by atoms with Gasteiger partial charge in [-0.3, -0.25) is 9.69 Å². The zero-order valence-corrected chi connectivity index (χ0v) is 23.5. The molecule has 0 bridgehead atoms. The molecule has 0 fully saturated rings. The molecule has 0 unspecified atom stereocenters. The molecule has 0 aliphatic carbocycles. The van der Waals surface area contributed by atoms with E-state index >= 15 is 0 Å². The van der Waals surface area contributed by atoms with Crippen LogP contribution >= 0.6 is 0 Å². The largest absolute Gasteiger partial charge is 0.488 e. The lowest BCUT2D eigenvalue weighted by Crippen LogP contribution is -2.49. The van der Waals surface area contributed by atoms with Gasteiger partial charge in [-0.1, -0.05) is 31.2 Å². The van der Waals surface area contributed by atoms with Crippen molar-refractivity contribution in [2.24, 2.45) is 5.92 Å². The summed E-state index contributed by atoms with van der Waals surface area (Å²) in [5.74, 6) is 1.66. The Labute approximate surface area is 239 Å². The Morgan fingerprint density at radius 3 is 2.54 bits per heavy atom. The molecule has 0 spiro atoms. The normalized spacial score (nSPS) is 18.7. The molecule has 41 heavy (non-hydrogen) atoms. The molecule has 10 nitrogen and oxygen atoms in total. The lowest BCUT2D eigenvalue weighted by Gasteiger charge is -2.38. The SMILES string of the molecule is C[C@@H]1CN([C@H](C)CO)C(=O)c2cc(NC(=O)Nc3ccccc3)ccc2O[C@@H]1CN(C)Cc1ccc2c(c1)OCO2. The fourth-order valence-corrected chi connectivity index (χ4v) is 5.06. The smallest absolute Gasteiger partial charge is 0.323 e. The second kappa shape index (κ2) is 12.5. The number of nitrogens with zero attached hydrogens (tertiary/aromatic N) is 2. The van der Waals surface area contributed by atoms with Crippen LogP contribution in [0.5, 0.6) is 17.2 Å². The van der Waals surface area contributed by atoms with Crippen molar-refractivity contribution in [3.8, 4) is 17.2 Å². The highest BCUT2D eigenvalue weighted by molar-refractivity contribution is 6.02. The maximum atomic E-state index is 13.7. The van der Waals surface area contributed by atoms with Crippen LogP contribution in [0.3, 0.4) is 0 Å². The summed E-state index contributed by atoms with van der Waals surface area (Å²) >= 11 is 0. The highest BCUT2D eigenvalue weighted by atomic mass is 16.7. The number of rotatable bonds is 8. The number of aliphatic hydroxyl groups is 1. The van der Waals surface area contributed by atoms with Crippen molar-refractivity contribution >= 4 is 23.3 Å². The first kappa shape index (κ1) is 28.3. The summed E-state index contributed by atoms with van der Waals surface area (Å²) in [6.07, 6.45) is -0.241. The number of aliphatic hydroxyl groups excluding tert-OH is 1. The Morgan fingerprint density at radius 2 is 1.76 bits per heavy atom. The second-order valence-electron chi connectivity index (χ2n) is 10.7. The molecule has 3 atom stereocenters. The minimum Gasteiger partial charge on any atom is -0.488 e. The van der Waals surface area contributed by atoms with E-state index in [-0.39, 0.29) is 37.4 Å². The first-order valence-electron chi connectivity index (χ1n) is 13.7. The minimum absolute atomic E-state index is 0.0187. The zero-order valence-electron chi connectivity index (χ0n) is 23.5. The van der Waals surface area contributed by atoms with E-state index in [2.05, 4.69) is 22.5 Å². The minimum atomic E-state index is -0.424. The van der Waals surface area contributed by atoms with Crippen LogP contribution in [-0.4, -0.2) is 72.5 Å². The van der Waals surface area contributed by atoms with Crippen LogP contribution in [0.4, 0.5) is 16.2 Å². The van der Waals surface area contributed by atoms with E-state index in [9.17, 15) is 14.7 Å². The van der Waals surface area contributed by atoms with E-state index in [1.54, 1.807) is 35.2 Å². The predicted molar refractivity (Wildman–Crippen MR) is 156 cm³/mol. The number of fused-ring (bicyclic) bond motifs is 2. The Morgan fingerprint density at radius 1 is 1.02 bits per heavy atom. The molecule has 3 amide bonds. The summed E-state index contributed by atoms with van der Waals surface area (Å²) in [6, 6.07) is 19.3. The van der Waals surface area contributed by atoms with Gasteiger partial charge < -0.3 is 34.9 Å². The summed E-state index contributed by atoms with van der Waals surface area (Å²) in [7, 11) is 2.03. The fraction of sp³-hybridized carbons (Fsp3) is 0.355. The molecule has 0 saturated carbocycles. The molecule has 10 heteroatoms. The van der Waals surface area contributed by atoms with E-state index < -0.39 is 6.03 Å². The number of amides is 3. The van der Waals surface area contributed by atoms with Gasteiger partial charge in [0, 0.05) is 36.9 Å². The van der Waals surface area contributed by atoms with Crippen molar-refractivity contribution in [1.29, 1.82) is 0 Å². The van der Waals surface area contributed by atoms with Gasteiger partial charge in [0.05, 0.1) is 18.2 Å². The zero-order chi connectivity index (χ0) is 28.9. The Hall–Kier alpha value is -4.28. The molecule has 2 aliphatic heterocycles. The van der Waals surface area contributed by atoms with Crippen LogP contribution in [0.25, 0.3) is 0 Å². The molecule has 2 heterocycles. The van der Waals surface area contributed by atoms with E-state index in [4.69, 9.17) is 14.2 Å². The number of carbonyl (C=O) groups excluding carboxylic acids is 2. The number of para-hydroxylation sites is 1. The number of benzene rings is 3. The van der Waals surface area contributed by atoms with Crippen LogP contribution < -0.4 is 24.8 Å². The first-order chi connectivity index (χ1) is 19.8. The molecule has 0 saturated heterocycles. The maximum Gasteiger partial charge on any atom is 0.323 e. The van der Waals surface area contributed by atoms with E-state index in [0.717, 1.165) is 17.1 Å². The van der Waals surface area contributed by atoms with Gasteiger partial charge in [-0.05, 0) is 62.0 Å². The monoisotopic (exact) mass is 560 g/mol. The first-order valence-corrected chi connectivity index (χ1v) is 13.7. The van der Waals surface area contributed by atoms with Crippen molar-refractivity contribution in [1.82, 2.24) is 9.80 Å². The molecule has 0 aromatic heterocycles. The lowest BCUT2D eigenvalue weighted by molar-refractivity contribution is 0.0341. The van der Waals surface area contributed by atoms with Gasteiger partial charge in [0.2, 0.25) is 6.79 Å². The van der Waals surface area contributed by atoms with Crippen molar-refractivity contribution < 1.29 is 28.9 Å². The maximum absolute atomic E-state index is 13.7. The predicted octanol–water partition coefficient (Wildman–Crippen LogP) is 4.41. The molecule has 3 N–H and O–H groups in total. The van der Waals surface area contributed by atoms with Gasteiger partial charge in [0.25, 0.3) is 5.91 Å². The van der Waals surface area contributed by atoms with Gasteiger partial charge in [0.1, 0.15) is 11.9 Å². The summed E-state index contributed by atoms with van der Waals surface area (Å²) in [6.45, 7) is 5.63. The highest BCUT2D eigenvalue weighted by Crippen LogP contribution is 2.33. The molecule has 3 aromatic carbocycles.